The first-order valence-electron chi connectivity index (χ1n) is 12.9. The zero-order chi connectivity index (χ0) is 25.9. The van der Waals surface area contributed by atoms with E-state index in [-0.39, 0.29) is 17.7 Å². The van der Waals surface area contributed by atoms with Gasteiger partial charge in [-0.15, -0.1) is 0 Å². The second-order valence-electron chi connectivity index (χ2n) is 9.83. The molecule has 1 amide bonds. The number of benzene rings is 1. The molecule has 8 heteroatoms. The molecule has 3 rings (SSSR count). The summed E-state index contributed by atoms with van der Waals surface area (Å²) < 4.78 is 16.3. The lowest BCUT2D eigenvalue weighted by Crippen LogP contribution is -2.43. The first-order valence-corrected chi connectivity index (χ1v) is 12.9. The molecule has 2 aromatic rings. The van der Waals surface area contributed by atoms with E-state index in [1.807, 2.05) is 36.1 Å². The van der Waals surface area contributed by atoms with Gasteiger partial charge in [0.15, 0.2) is 5.78 Å². The molecule has 0 aliphatic carbocycles. The molecule has 2 atom stereocenters. The molecule has 1 aromatic carbocycles. The number of hydrogen-bond donors (Lipinski definition) is 2. The fraction of sp³-hybridized carbons (Fsp3) is 0.571. The molecule has 1 aromatic heterocycles. The predicted molar refractivity (Wildman–Crippen MR) is 139 cm³/mol. The molecule has 1 fully saturated rings. The van der Waals surface area contributed by atoms with E-state index >= 15 is 0 Å². The Morgan fingerprint density at radius 1 is 1.19 bits per heavy atom. The molecule has 1 saturated heterocycles. The normalized spacial score (nSPS) is 17.5. The second-order valence-corrected chi connectivity index (χ2v) is 9.83. The number of nitrogens with one attached hydrogen (secondary N) is 2. The summed E-state index contributed by atoms with van der Waals surface area (Å²) in [6.45, 7) is 10.7. The van der Waals surface area contributed by atoms with Gasteiger partial charge in [0, 0.05) is 44.8 Å². The molecular formula is C28H41N3O5. The van der Waals surface area contributed by atoms with Crippen LogP contribution in [0.25, 0.3) is 0 Å². The molecule has 0 unspecified atom stereocenters. The number of methoxy groups -OCH3 is 1. The number of nitrogens with zero attached hydrogens (tertiary/aromatic N) is 1. The van der Waals surface area contributed by atoms with Gasteiger partial charge >= 0.3 is 0 Å². The van der Waals surface area contributed by atoms with Crippen LogP contribution in [0.1, 0.15) is 41.9 Å². The summed E-state index contributed by atoms with van der Waals surface area (Å²) >= 11 is 0. The fourth-order valence-corrected chi connectivity index (χ4v) is 4.53. The van der Waals surface area contributed by atoms with E-state index in [1.54, 1.807) is 19.4 Å². The molecule has 198 valence electrons. The van der Waals surface area contributed by atoms with Crippen LogP contribution in [-0.4, -0.2) is 75.7 Å². The molecular weight excluding hydrogens is 458 g/mol. The van der Waals surface area contributed by atoms with Crippen LogP contribution in [0.4, 0.5) is 0 Å². The third kappa shape index (κ3) is 8.18. The van der Waals surface area contributed by atoms with Gasteiger partial charge in [0.25, 0.3) is 5.91 Å². The maximum atomic E-state index is 13.5. The van der Waals surface area contributed by atoms with Crippen LogP contribution in [0.2, 0.25) is 0 Å². The lowest BCUT2D eigenvalue weighted by molar-refractivity contribution is -0.117. The molecule has 0 saturated carbocycles. The molecule has 0 spiro atoms. The third-order valence-electron chi connectivity index (χ3n) is 6.66. The van der Waals surface area contributed by atoms with Gasteiger partial charge in [0.2, 0.25) is 0 Å². The monoisotopic (exact) mass is 499 g/mol. The van der Waals surface area contributed by atoms with Gasteiger partial charge in [0.05, 0.1) is 25.8 Å². The maximum absolute atomic E-state index is 13.5. The van der Waals surface area contributed by atoms with Crippen molar-refractivity contribution in [3.05, 3.63) is 53.5 Å². The number of rotatable bonds is 15. The number of carbonyl (C=O) groups excluding carboxylic acids is 2. The van der Waals surface area contributed by atoms with Crippen molar-refractivity contribution >= 4 is 11.7 Å². The quantitative estimate of drug-likeness (QED) is 0.364. The van der Waals surface area contributed by atoms with Crippen LogP contribution in [0, 0.1) is 18.8 Å². The fourth-order valence-electron chi connectivity index (χ4n) is 4.53. The van der Waals surface area contributed by atoms with E-state index in [0.29, 0.717) is 55.9 Å². The number of ketones is 1. The molecule has 2 heterocycles. The highest BCUT2D eigenvalue weighted by molar-refractivity contribution is 5.95. The van der Waals surface area contributed by atoms with Crippen molar-refractivity contribution in [3.63, 3.8) is 0 Å². The van der Waals surface area contributed by atoms with Gasteiger partial charge in [-0.1, -0.05) is 6.07 Å². The van der Waals surface area contributed by atoms with Crippen molar-refractivity contribution in [1.82, 2.24) is 15.5 Å². The summed E-state index contributed by atoms with van der Waals surface area (Å²) in [6.07, 6.45) is 2.68. The average molecular weight is 500 g/mol. The summed E-state index contributed by atoms with van der Waals surface area (Å²) in [4.78, 5) is 27.7. The Bertz CT molecular complexity index is 960. The standard InChI is InChI=1S/C28H41N3O5/c1-20(2)31(28(33)22-9-8-21(3)27(13-22)36-12-6-10-34-4)19-24-17-29-15-23(24)16-30-18-25(32)14-26-7-5-11-35-26/h5,7-9,11,13,20,23-24,29-30H,6,10,12,14-19H2,1-4H3/t23-,24-/m0/s1. The predicted octanol–water partition coefficient (Wildman–Crippen LogP) is 3.09. The largest absolute Gasteiger partial charge is 0.493 e. The van der Waals surface area contributed by atoms with Crippen molar-refractivity contribution in [2.24, 2.45) is 11.8 Å². The smallest absolute Gasteiger partial charge is 0.254 e. The Balaban J connectivity index is 1.56. The molecule has 1 aliphatic rings. The minimum atomic E-state index is 0.0129. The van der Waals surface area contributed by atoms with Crippen LogP contribution >= 0.6 is 0 Å². The number of amides is 1. The van der Waals surface area contributed by atoms with Crippen molar-refractivity contribution in [1.29, 1.82) is 0 Å². The first-order chi connectivity index (χ1) is 17.4. The van der Waals surface area contributed by atoms with Crippen molar-refractivity contribution < 1.29 is 23.5 Å². The Hall–Kier alpha value is -2.68. The summed E-state index contributed by atoms with van der Waals surface area (Å²) in [7, 11) is 1.67. The van der Waals surface area contributed by atoms with Crippen molar-refractivity contribution in [3.8, 4) is 5.75 Å². The number of aryl methyl sites for hydroxylation is 1. The van der Waals surface area contributed by atoms with Gasteiger partial charge in [-0.3, -0.25) is 9.59 Å². The summed E-state index contributed by atoms with van der Waals surface area (Å²) in [5.74, 6) is 2.19. The first kappa shape index (κ1) is 27.9. The van der Waals surface area contributed by atoms with E-state index in [1.165, 1.54) is 0 Å². The lowest BCUT2D eigenvalue weighted by atomic mass is 9.94. The highest BCUT2D eigenvalue weighted by Gasteiger charge is 2.31. The molecule has 2 N–H and O–H groups in total. The second kappa shape index (κ2) is 14.2. The lowest BCUT2D eigenvalue weighted by Gasteiger charge is -2.32. The number of carbonyl (C=O) groups is 2. The van der Waals surface area contributed by atoms with E-state index in [4.69, 9.17) is 13.9 Å². The average Bonchev–Trinajstić information content (AvgIpc) is 3.53. The Labute approximate surface area is 214 Å². The third-order valence-corrected chi connectivity index (χ3v) is 6.66. The molecule has 8 nitrogen and oxygen atoms in total. The van der Waals surface area contributed by atoms with Gasteiger partial charge in [-0.2, -0.15) is 0 Å². The summed E-state index contributed by atoms with van der Waals surface area (Å²) in [5, 5.41) is 6.78. The number of hydrogen-bond acceptors (Lipinski definition) is 7. The highest BCUT2D eigenvalue weighted by atomic mass is 16.5. The number of ether oxygens (including phenoxy) is 2. The molecule has 1 aliphatic heterocycles. The Kier molecular flexibility index (Phi) is 11.0. The molecule has 36 heavy (non-hydrogen) atoms. The van der Waals surface area contributed by atoms with Crippen molar-refractivity contribution in [2.75, 3.05) is 53.0 Å². The number of Topliss-reactive ketones (excluding diaryl/α,β-unsaturated/α-hetero) is 1. The van der Waals surface area contributed by atoms with Gasteiger partial charge in [0.1, 0.15) is 11.5 Å². The van der Waals surface area contributed by atoms with Crippen LogP contribution in [0.15, 0.2) is 41.0 Å². The van der Waals surface area contributed by atoms with Crippen LogP contribution in [0.3, 0.4) is 0 Å². The van der Waals surface area contributed by atoms with E-state index < -0.39 is 0 Å². The summed E-state index contributed by atoms with van der Waals surface area (Å²) in [6, 6.07) is 9.36. The minimum Gasteiger partial charge on any atom is -0.493 e. The SMILES string of the molecule is COCCCOc1cc(C(=O)N(C[C@@H]2CNC[C@H]2CNCC(=O)Cc2ccco2)C(C)C)ccc1C. The molecule has 0 bridgehead atoms. The van der Waals surface area contributed by atoms with Crippen LogP contribution < -0.4 is 15.4 Å². The number of furan rings is 1. The van der Waals surface area contributed by atoms with E-state index in [0.717, 1.165) is 37.4 Å². The van der Waals surface area contributed by atoms with E-state index in [9.17, 15) is 9.59 Å². The van der Waals surface area contributed by atoms with Gasteiger partial charge < -0.3 is 29.4 Å². The topological polar surface area (TPSA) is 93.0 Å². The minimum absolute atomic E-state index is 0.0129. The van der Waals surface area contributed by atoms with Gasteiger partial charge in [-0.05, 0) is 75.5 Å². The van der Waals surface area contributed by atoms with E-state index in [2.05, 4.69) is 24.5 Å². The van der Waals surface area contributed by atoms with Crippen LogP contribution in [-0.2, 0) is 16.0 Å². The zero-order valence-electron chi connectivity index (χ0n) is 22.0. The Morgan fingerprint density at radius 3 is 2.72 bits per heavy atom. The van der Waals surface area contributed by atoms with Gasteiger partial charge in [-0.25, -0.2) is 0 Å². The Morgan fingerprint density at radius 2 is 2.00 bits per heavy atom. The summed E-state index contributed by atoms with van der Waals surface area (Å²) in [5.41, 5.74) is 1.65. The molecule has 0 radical (unpaired) electrons. The highest BCUT2D eigenvalue weighted by Crippen LogP contribution is 2.24. The maximum Gasteiger partial charge on any atom is 0.254 e. The zero-order valence-corrected chi connectivity index (χ0v) is 22.0. The van der Waals surface area contributed by atoms with Crippen LogP contribution in [0.5, 0.6) is 5.75 Å². The van der Waals surface area contributed by atoms with Crippen molar-refractivity contribution in [2.45, 2.75) is 39.7 Å².